The van der Waals surface area contributed by atoms with Gasteiger partial charge in [-0.1, -0.05) is 17.8 Å². The van der Waals surface area contributed by atoms with Gasteiger partial charge in [-0.25, -0.2) is 28.1 Å². The van der Waals surface area contributed by atoms with Gasteiger partial charge in [-0.15, -0.1) is 0 Å². The van der Waals surface area contributed by atoms with Crippen molar-refractivity contribution in [2.45, 2.75) is 42.3 Å². The van der Waals surface area contributed by atoms with Gasteiger partial charge in [0.2, 0.25) is 10.0 Å². The minimum Gasteiger partial charge on any atom is -0.382 e. The number of carbonyl (C=O) groups excluding carboxylic acids is 1. The van der Waals surface area contributed by atoms with Crippen LogP contribution in [0.25, 0.3) is 11.2 Å². The molecule has 2 aliphatic rings. The van der Waals surface area contributed by atoms with Crippen LogP contribution >= 0.6 is 34.4 Å². The summed E-state index contributed by atoms with van der Waals surface area (Å²) in [5.74, 6) is 0.454. The molecule has 2 heterocycles. The number of hydrogen-bond acceptors (Lipinski definition) is 8. The van der Waals surface area contributed by atoms with E-state index < -0.39 is 10.0 Å². The molecule has 0 aliphatic heterocycles. The van der Waals surface area contributed by atoms with Crippen molar-refractivity contribution >= 4 is 67.1 Å². The molecule has 0 fully saturated rings. The summed E-state index contributed by atoms with van der Waals surface area (Å²) >= 11 is 3.72. The second kappa shape index (κ2) is 8.39. The van der Waals surface area contributed by atoms with E-state index >= 15 is 0 Å². The first-order valence-electron chi connectivity index (χ1n) is 10.0. The highest BCUT2D eigenvalue weighted by Crippen LogP contribution is 2.37. The van der Waals surface area contributed by atoms with Gasteiger partial charge in [0.1, 0.15) is 6.33 Å². The van der Waals surface area contributed by atoms with Crippen LogP contribution in [-0.2, 0) is 23.0 Å². The lowest BCUT2D eigenvalue weighted by molar-refractivity contribution is 0.0994. The number of sulfonamides is 1. The summed E-state index contributed by atoms with van der Waals surface area (Å²) in [6, 6.07) is 4.00. The van der Waals surface area contributed by atoms with E-state index in [0.29, 0.717) is 53.6 Å². The number of fused-ring (bicyclic) bond motifs is 2. The number of anilines is 1. The van der Waals surface area contributed by atoms with E-state index in [4.69, 9.17) is 5.73 Å². The number of hydrogen-bond donors (Lipinski definition) is 2. The number of aryl methyl sites for hydroxylation is 2. The lowest BCUT2D eigenvalue weighted by Gasteiger charge is -2.11. The molecule has 0 spiro atoms. The summed E-state index contributed by atoms with van der Waals surface area (Å²) in [5, 5.41) is 0.670. The molecule has 0 saturated carbocycles. The lowest BCUT2D eigenvalue weighted by Crippen LogP contribution is -2.24. The molecule has 0 amide bonds. The van der Waals surface area contributed by atoms with Gasteiger partial charge in [0.05, 0.1) is 4.91 Å². The molecular weight excluding hydrogens is 563 g/mol. The highest BCUT2D eigenvalue weighted by molar-refractivity contribution is 14.1. The maximum atomic E-state index is 12.2. The van der Waals surface area contributed by atoms with Crippen molar-refractivity contribution in [3.8, 4) is 0 Å². The van der Waals surface area contributed by atoms with Crippen LogP contribution in [0.3, 0.4) is 0 Å². The van der Waals surface area contributed by atoms with Crippen LogP contribution < -0.4 is 10.5 Å². The molecule has 0 atom stereocenters. The summed E-state index contributed by atoms with van der Waals surface area (Å²) < 4.78 is 29.6. The van der Waals surface area contributed by atoms with Crippen molar-refractivity contribution in [2.75, 3.05) is 12.3 Å². The van der Waals surface area contributed by atoms with Crippen LogP contribution in [0.15, 0.2) is 39.5 Å². The average molecular weight is 582 g/mol. The smallest absolute Gasteiger partial charge is 0.236 e. The average Bonchev–Trinajstić information content (AvgIpc) is 3.49. The zero-order valence-corrected chi connectivity index (χ0v) is 20.6. The predicted molar refractivity (Wildman–Crippen MR) is 130 cm³/mol. The van der Waals surface area contributed by atoms with Crippen molar-refractivity contribution in [3.05, 3.63) is 44.1 Å². The highest BCUT2D eigenvalue weighted by atomic mass is 127. The molecule has 9 nitrogen and oxygen atoms in total. The lowest BCUT2D eigenvalue weighted by atomic mass is 10.1. The number of ketones is 1. The second-order valence-corrected chi connectivity index (χ2v) is 11.6. The van der Waals surface area contributed by atoms with E-state index in [2.05, 4.69) is 48.3 Å². The Morgan fingerprint density at radius 2 is 2.06 bits per heavy atom. The summed E-state index contributed by atoms with van der Waals surface area (Å²) in [6.07, 6.45) is 5.49. The number of nitrogens with zero attached hydrogens (tertiary/aromatic N) is 4. The van der Waals surface area contributed by atoms with Crippen LogP contribution in [0.4, 0.5) is 5.82 Å². The first-order chi connectivity index (χ1) is 15.3. The molecule has 32 heavy (non-hydrogen) atoms. The molecule has 1 aromatic carbocycles. The predicted octanol–water partition coefficient (Wildman–Crippen LogP) is 2.89. The molecule has 5 rings (SSSR count). The number of rotatable bonds is 8. The molecule has 0 unspecified atom stereocenters. The minimum absolute atomic E-state index is 0.167. The molecule has 2 aromatic heterocycles. The number of halogens is 1. The maximum Gasteiger partial charge on any atom is 0.236 e. The van der Waals surface area contributed by atoms with Gasteiger partial charge in [-0.3, -0.25) is 4.79 Å². The second-order valence-electron chi connectivity index (χ2n) is 7.57. The topological polar surface area (TPSA) is 133 Å². The Kier molecular flexibility index (Phi) is 5.72. The van der Waals surface area contributed by atoms with Crippen LogP contribution in [0, 0.1) is 3.57 Å². The standard InChI is InChI=1S/C20H19IN6O3S2/c21-14-8-11-2-5-15(28)13(11)9-16(14)31-20-26-17-18(22)23-10-24-19(17)27(20)7-1-6-25-32(29,30)12-3-4-12/h3,8-10,25H,1-2,4-7H2,(H2,22,23,24). The SMILES string of the molecule is Nc1ncnc2c1nc(Sc1cc3c(cc1I)CCC3=O)n2CCCNS(=O)(=O)C1=CC1. The van der Waals surface area contributed by atoms with Gasteiger partial charge < -0.3 is 10.3 Å². The molecule has 0 bridgehead atoms. The summed E-state index contributed by atoms with van der Waals surface area (Å²) in [6.45, 7) is 0.798. The fourth-order valence-corrected chi connectivity index (χ4v) is 6.57. The molecular formula is C20H19IN6O3S2. The Hall–Kier alpha value is -2.03. The van der Waals surface area contributed by atoms with Crippen molar-refractivity contribution < 1.29 is 13.2 Å². The van der Waals surface area contributed by atoms with Crippen molar-refractivity contribution in [2.24, 2.45) is 0 Å². The minimum atomic E-state index is -3.35. The molecule has 3 N–H and O–H groups in total. The Morgan fingerprint density at radius 3 is 2.84 bits per heavy atom. The Balaban J connectivity index is 1.43. The van der Waals surface area contributed by atoms with Crippen LogP contribution in [0.1, 0.15) is 35.2 Å². The number of Topliss-reactive ketones (excluding diaryl/α,β-unsaturated/α-hetero) is 1. The number of nitrogen functional groups attached to an aromatic ring is 1. The van der Waals surface area contributed by atoms with Crippen molar-refractivity contribution in [3.63, 3.8) is 0 Å². The van der Waals surface area contributed by atoms with Crippen LogP contribution in [0.5, 0.6) is 0 Å². The Labute approximate surface area is 202 Å². The number of nitrogens with two attached hydrogens (primary N) is 1. The van der Waals surface area contributed by atoms with E-state index in [0.717, 1.165) is 26.0 Å². The number of imidazole rings is 1. The number of nitrogens with one attached hydrogen (secondary N) is 1. The van der Waals surface area contributed by atoms with E-state index in [9.17, 15) is 13.2 Å². The van der Waals surface area contributed by atoms with Gasteiger partial charge in [0.15, 0.2) is 27.9 Å². The number of aromatic nitrogens is 4. The fraction of sp³-hybridized carbons (Fsp3) is 0.300. The van der Waals surface area contributed by atoms with Gasteiger partial charge in [0.25, 0.3) is 0 Å². The third-order valence-electron chi connectivity index (χ3n) is 5.37. The van der Waals surface area contributed by atoms with E-state index in [1.54, 1.807) is 6.08 Å². The summed E-state index contributed by atoms with van der Waals surface area (Å²) in [7, 11) is -3.35. The largest absolute Gasteiger partial charge is 0.382 e. The number of benzene rings is 1. The number of allylic oxidation sites excluding steroid dienone is 2. The first-order valence-corrected chi connectivity index (χ1v) is 13.4. The normalized spacial score (nSPS) is 15.3. The zero-order chi connectivity index (χ0) is 22.5. The first kappa shape index (κ1) is 21.8. The van der Waals surface area contributed by atoms with E-state index in [-0.39, 0.29) is 11.6 Å². The van der Waals surface area contributed by atoms with Crippen LogP contribution in [0.2, 0.25) is 0 Å². The van der Waals surface area contributed by atoms with Gasteiger partial charge in [-0.2, -0.15) is 0 Å². The number of carbonyl (C=O) groups is 1. The Morgan fingerprint density at radius 1 is 1.25 bits per heavy atom. The summed E-state index contributed by atoms with van der Waals surface area (Å²) in [5.41, 5.74) is 8.99. The van der Waals surface area contributed by atoms with Crippen molar-refractivity contribution in [1.29, 1.82) is 0 Å². The van der Waals surface area contributed by atoms with Gasteiger partial charge in [0, 0.05) is 40.0 Å². The quantitative estimate of drug-likeness (QED) is 0.306. The molecule has 3 aromatic rings. The third-order valence-corrected chi connectivity index (χ3v) is 9.29. The fourth-order valence-electron chi connectivity index (χ4n) is 3.63. The summed E-state index contributed by atoms with van der Waals surface area (Å²) in [4.78, 5) is 26.7. The Bertz CT molecular complexity index is 1400. The third kappa shape index (κ3) is 4.16. The van der Waals surface area contributed by atoms with Gasteiger partial charge in [-0.05, 0) is 53.1 Å². The van der Waals surface area contributed by atoms with Crippen molar-refractivity contribution in [1.82, 2.24) is 24.2 Å². The molecule has 0 saturated heterocycles. The molecule has 0 radical (unpaired) electrons. The molecule has 2 aliphatic carbocycles. The molecule has 12 heteroatoms. The zero-order valence-electron chi connectivity index (χ0n) is 16.8. The highest BCUT2D eigenvalue weighted by Gasteiger charge is 2.25. The van der Waals surface area contributed by atoms with Crippen LogP contribution in [-0.4, -0.2) is 40.3 Å². The van der Waals surface area contributed by atoms with E-state index in [1.165, 1.54) is 18.1 Å². The maximum absolute atomic E-state index is 12.2. The monoisotopic (exact) mass is 582 g/mol. The van der Waals surface area contributed by atoms with Gasteiger partial charge >= 0.3 is 0 Å². The van der Waals surface area contributed by atoms with E-state index in [1.807, 2.05) is 10.6 Å². The molecule has 166 valence electrons.